The first-order valence-electron chi connectivity index (χ1n) is 5.84. The Balaban J connectivity index is 1.90. The Morgan fingerprint density at radius 3 is 2.50 bits per heavy atom. The molecule has 2 heteroatoms. The van der Waals surface area contributed by atoms with Crippen LogP contribution in [0.4, 0.5) is 0 Å². The van der Waals surface area contributed by atoms with Gasteiger partial charge in [0.05, 0.1) is 5.69 Å². The molecule has 2 atom stereocenters. The lowest BCUT2D eigenvalue weighted by molar-refractivity contribution is 0.161. The summed E-state index contributed by atoms with van der Waals surface area (Å²) < 4.78 is 5.16. The first-order chi connectivity index (χ1) is 6.90. The van der Waals surface area contributed by atoms with Crippen molar-refractivity contribution in [3.05, 3.63) is 17.5 Å². The standard InChI is InChI=1S/C12H15NO/c1-7-2-9-3-8(1)5-10(4-7)12-11(9)6-14-13-12/h6-10H,1-5H2/t7-,8-,9?,10?/m0/s1. The molecule has 0 amide bonds. The molecule has 1 aromatic heterocycles. The molecule has 2 fully saturated rings. The third-order valence-electron chi connectivity index (χ3n) is 4.59. The normalized spacial score (nSPS) is 43.7. The lowest BCUT2D eigenvalue weighted by Gasteiger charge is -2.38. The van der Waals surface area contributed by atoms with Crippen LogP contribution in [0.2, 0.25) is 0 Å². The van der Waals surface area contributed by atoms with Gasteiger partial charge in [0.1, 0.15) is 6.26 Å². The van der Waals surface area contributed by atoms with Gasteiger partial charge in [-0.3, -0.25) is 0 Å². The molecule has 1 aromatic rings. The minimum atomic E-state index is 0.736. The number of hydrogen-bond donors (Lipinski definition) is 0. The van der Waals surface area contributed by atoms with Crippen molar-refractivity contribution in [2.24, 2.45) is 11.8 Å². The molecule has 2 nitrogen and oxygen atoms in total. The fourth-order valence-corrected chi connectivity index (χ4v) is 4.20. The van der Waals surface area contributed by atoms with Crippen molar-refractivity contribution >= 4 is 0 Å². The summed E-state index contributed by atoms with van der Waals surface area (Å²) in [5.74, 6) is 3.51. The van der Waals surface area contributed by atoms with Crippen molar-refractivity contribution in [3.8, 4) is 0 Å². The van der Waals surface area contributed by atoms with Crippen molar-refractivity contribution in [3.63, 3.8) is 0 Å². The van der Waals surface area contributed by atoms with Crippen LogP contribution in [-0.4, -0.2) is 5.16 Å². The molecule has 4 bridgehead atoms. The molecule has 5 rings (SSSR count). The average molecular weight is 189 g/mol. The molecule has 0 aromatic carbocycles. The highest BCUT2D eigenvalue weighted by Crippen LogP contribution is 2.55. The predicted molar refractivity (Wildman–Crippen MR) is 52.1 cm³/mol. The zero-order valence-electron chi connectivity index (χ0n) is 8.28. The van der Waals surface area contributed by atoms with Crippen LogP contribution in [0.1, 0.15) is 55.2 Å². The second-order valence-electron chi connectivity index (χ2n) is 5.46. The van der Waals surface area contributed by atoms with Gasteiger partial charge in [-0.1, -0.05) is 5.16 Å². The monoisotopic (exact) mass is 189 g/mol. The highest BCUT2D eigenvalue weighted by molar-refractivity contribution is 5.28. The van der Waals surface area contributed by atoms with E-state index in [4.69, 9.17) is 4.52 Å². The minimum Gasteiger partial charge on any atom is -0.364 e. The molecule has 74 valence electrons. The van der Waals surface area contributed by atoms with Crippen molar-refractivity contribution in [2.75, 3.05) is 0 Å². The first kappa shape index (κ1) is 7.49. The zero-order chi connectivity index (χ0) is 9.12. The molecular weight excluding hydrogens is 174 g/mol. The van der Waals surface area contributed by atoms with E-state index in [0.29, 0.717) is 0 Å². The fourth-order valence-electron chi connectivity index (χ4n) is 4.20. The summed E-state index contributed by atoms with van der Waals surface area (Å²) in [6.07, 6.45) is 8.99. The second-order valence-corrected chi connectivity index (χ2v) is 5.46. The Labute approximate surface area is 83.7 Å². The molecule has 2 saturated carbocycles. The first-order valence-corrected chi connectivity index (χ1v) is 5.84. The van der Waals surface area contributed by atoms with E-state index in [-0.39, 0.29) is 0 Å². The molecule has 0 N–H and O–H groups in total. The van der Waals surface area contributed by atoms with Gasteiger partial charge in [0.15, 0.2) is 0 Å². The summed E-state index contributed by atoms with van der Waals surface area (Å²) in [6.45, 7) is 0. The van der Waals surface area contributed by atoms with E-state index >= 15 is 0 Å². The van der Waals surface area contributed by atoms with Crippen LogP contribution in [0.5, 0.6) is 0 Å². The van der Waals surface area contributed by atoms with Crippen LogP contribution in [0.15, 0.2) is 10.8 Å². The number of aromatic nitrogens is 1. The maximum Gasteiger partial charge on any atom is 0.127 e. The van der Waals surface area contributed by atoms with Crippen LogP contribution in [0, 0.1) is 11.8 Å². The van der Waals surface area contributed by atoms with Gasteiger partial charge in [0, 0.05) is 11.5 Å². The van der Waals surface area contributed by atoms with E-state index in [0.717, 1.165) is 23.7 Å². The SMILES string of the molecule is c1onc2c1C1C[C@H]3CC2C[C@H](C1)C3. The van der Waals surface area contributed by atoms with Gasteiger partial charge >= 0.3 is 0 Å². The minimum absolute atomic E-state index is 0.736. The Kier molecular flexibility index (Phi) is 1.29. The van der Waals surface area contributed by atoms with Crippen molar-refractivity contribution < 1.29 is 4.52 Å². The second kappa shape index (κ2) is 2.41. The molecule has 14 heavy (non-hydrogen) atoms. The van der Waals surface area contributed by atoms with Crippen LogP contribution in [0.3, 0.4) is 0 Å². The molecule has 0 unspecified atom stereocenters. The van der Waals surface area contributed by atoms with Crippen LogP contribution < -0.4 is 0 Å². The molecule has 0 spiro atoms. The maximum atomic E-state index is 5.16. The molecule has 1 heterocycles. The summed E-state index contributed by atoms with van der Waals surface area (Å²) in [7, 11) is 0. The van der Waals surface area contributed by atoms with Crippen molar-refractivity contribution in [1.82, 2.24) is 5.16 Å². The van der Waals surface area contributed by atoms with Crippen LogP contribution in [0.25, 0.3) is 0 Å². The van der Waals surface area contributed by atoms with Crippen molar-refractivity contribution in [1.29, 1.82) is 0 Å². The van der Waals surface area contributed by atoms with Gasteiger partial charge in [-0.25, -0.2) is 0 Å². The summed E-state index contributed by atoms with van der Waals surface area (Å²) >= 11 is 0. The highest BCUT2D eigenvalue weighted by atomic mass is 16.5. The molecule has 4 aliphatic carbocycles. The number of nitrogens with zero attached hydrogens (tertiary/aromatic N) is 1. The largest absolute Gasteiger partial charge is 0.364 e. The third-order valence-corrected chi connectivity index (χ3v) is 4.59. The smallest absolute Gasteiger partial charge is 0.127 e. The fraction of sp³-hybridized carbons (Fsp3) is 0.750. The van der Waals surface area contributed by atoms with E-state index in [1.165, 1.54) is 43.4 Å². The third kappa shape index (κ3) is 0.844. The summed E-state index contributed by atoms with van der Waals surface area (Å²) in [6, 6.07) is 0. The van der Waals surface area contributed by atoms with E-state index in [1.54, 1.807) is 0 Å². The Morgan fingerprint density at radius 2 is 1.71 bits per heavy atom. The topological polar surface area (TPSA) is 26.0 Å². The van der Waals surface area contributed by atoms with Crippen molar-refractivity contribution in [2.45, 2.75) is 43.9 Å². The summed E-state index contributed by atoms with van der Waals surface area (Å²) in [4.78, 5) is 0. The lowest BCUT2D eigenvalue weighted by Crippen LogP contribution is -2.25. The van der Waals surface area contributed by atoms with E-state index in [9.17, 15) is 0 Å². The average Bonchev–Trinajstić information content (AvgIpc) is 2.58. The molecule has 4 aliphatic rings. The highest BCUT2D eigenvalue weighted by Gasteiger charge is 2.43. The van der Waals surface area contributed by atoms with Gasteiger partial charge in [-0.15, -0.1) is 0 Å². The molecule has 0 radical (unpaired) electrons. The Morgan fingerprint density at radius 1 is 1.00 bits per heavy atom. The van der Waals surface area contributed by atoms with Gasteiger partial charge in [-0.2, -0.15) is 0 Å². The molecule has 0 aliphatic heterocycles. The van der Waals surface area contributed by atoms with E-state index < -0.39 is 0 Å². The maximum absolute atomic E-state index is 5.16. The Bertz CT molecular complexity index is 326. The molecule has 0 saturated heterocycles. The predicted octanol–water partition coefficient (Wildman–Crippen LogP) is 3.07. The van der Waals surface area contributed by atoms with E-state index in [1.807, 2.05) is 6.26 Å². The van der Waals surface area contributed by atoms with Gasteiger partial charge in [0.25, 0.3) is 0 Å². The van der Waals surface area contributed by atoms with Gasteiger partial charge < -0.3 is 4.52 Å². The van der Waals surface area contributed by atoms with Crippen LogP contribution >= 0.6 is 0 Å². The van der Waals surface area contributed by atoms with Crippen LogP contribution in [-0.2, 0) is 0 Å². The quantitative estimate of drug-likeness (QED) is 0.627. The summed E-state index contributed by atoms with van der Waals surface area (Å²) in [5.41, 5.74) is 2.78. The molecular formula is C12H15NO. The van der Waals surface area contributed by atoms with E-state index in [2.05, 4.69) is 5.16 Å². The zero-order valence-corrected chi connectivity index (χ0v) is 8.28. The van der Waals surface area contributed by atoms with Gasteiger partial charge in [0.2, 0.25) is 0 Å². The summed E-state index contributed by atoms with van der Waals surface area (Å²) in [5, 5.41) is 4.24. The lowest BCUT2D eigenvalue weighted by atomic mass is 9.67. The number of rotatable bonds is 0. The van der Waals surface area contributed by atoms with Gasteiger partial charge in [-0.05, 0) is 49.9 Å². The Hall–Kier alpha value is -0.790. The number of hydrogen-bond acceptors (Lipinski definition) is 2.